The molecule has 1 aromatic heterocycles. The average molecular weight is 307 g/mol. The van der Waals surface area contributed by atoms with Crippen molar-refractivity contribution >= 4 is 40.4 Å². The average Bonchev–Trinajstić information content (AvgIpc) is 2.38. The zero-order chi connectivity index (χ0) is 15.4. The van der Waals surface area contributed by atoms with Crippen LogP contribution in [-0.2, 0) is 4.79 Å². The van der Waals surface area contributed by atoms with E-state index in [-0.39, 0.29) is 22.6 Å². The molecule has 7 nitrogen and oxygen atoms in total. The van der Waals surface area contributed by atoms with Crippen molar-refractivity contribution < 1.29 is 9.72 Å². The van der Waals surface area contributed by atoms with E-state index in [1.807, 2.05) is 0 Å². The van der Waals surface area contributed by atoms with Crippen molar-refractivity contribution in [3.8, 4) is 0 Å². The van der Waals surface area contributed by atoms with E-state index in [0.717, 1.165) is 0 Å². The van der Waals surface area contributed by atoms with Crippen LogP contribution in [0.2, 0.25) is 5.15 Å². The molecule has 0 aliphatic heterocycles. The smallest absolute Gasteiger partial charge is 0.311 e. The Morgan fingerprint density at radius 3 is 2.67 bits per heavy atom. The Hall–Kier alpha value is -2.67. The van der Waals surface area contributed by atoms with Crippen LogP contribution in [0.15, 0.2) is 36.4 Å². The maximum atomic E-state index is 11.0. The minimum absolute atomic E-state index is 0.0347. The first-order valence-corrected chi connectivity index (χ1v) is 6.29. The molecule has 108 valence electrons. The number of carbonyl (C=O) groups is 1. The van der Waals surface area contributed by atoms with Gasteiger partial charge in [0.25, 0.3) is 0 Å². The van der Waals surface area contributed by atoms with Gasteiger partial charge in [-0.25, -0.2) is 4.98 Å². The summed E-state index contributed by atoms with van der Waals surface area (Å²) in [6.45, 7) is 1.39. The fraction of sp³-hybridized carbons (Fsp3) is 0.0769. The molecule has 1 aromatic carbocycles. The number of hydrogen-bond acceptors (Lipinski definition) is 5. The van der Waals surface area contributed by atoms with Gasteiger partial charge in [-0.2, -0.15) is 0 Å². The molecular formula is C13H11ClN4O3. The minimum atomic E-state index is -0.552. The lowest BCUT2D eigenvalue weighted by Crippen LogP contribution is -2.06. The maximum absolute atomic E-state index is 11.0. The monoisotopic (exact) mass is 306 g/mol. The summed E-state index contributed by atoms with van der Waals surface area (Å²) < 4.78 is 0. The number of hydrogen-bond donors (Lipinski definition) is 2. The van der Waals surface area contributed by atoms with Gasteiger partial charge in [-0.3, -0.25) is 14.9 Å². The number of nitro groups is 1. The number of pyridine rings is 1. The standard InChI is InChI=1S/C13H11ClN4O3/c1-8(19)15-9-3-2-4-10(7-9)16-13-11(18(20)21)5-6-12(14)17-13/h2-7H,1H3,(H,15,19)(H,16,17). The van der Waals surface area contributed by atoms with Gasteiger partial charge in [-0.15, -0.1) is 0 Å². The SMILES string of the molecule is CC(=O)Nc1cccc(Nc2nc(Cl)ccc2[N+](=O)[O-])c1. The molecule has 8 heteroatoms. The molecule has 0 unspecified atom stereocenters. The Labute approximate surface area is 125 Å². The zero-order valence-corrected chi connectivity index (χ0v) is 11.7. The van der Waals surface area contributed by atoms with Crippen LogP contribution in [0.25, 0.3) is 0 Å². The third-order valence-corrected chi connectivity index (χ3v) is 2.69. The van der Waals surface area contributed by atoms with Gasteiger partial charge in [0.2, 0.25) is 11.7 Å². The van der Waals surface area contributed by atoms with E-state index in [0.29, 0.717) is 11.4 Å². The highest BCUT2D eigenvalue weighted by Gasteiger charge is 2.16. The molecule has 0 aliphatic rings. The highest BCUT2D eigenvalue weighted by molar-refractivity contribution is 6.29. The number of anilines is 3. The van der Waals surface area contributed by atoms with E-state index >= 15 is 0 Å². The second kappa shape index (κ2) is 6.19. The largest absolute Gasteiger partial charge is 0.334 e. The van der Waals surface area contributed by atoms with Crippen molar-refractivity contribution in [1.82, 2.24) is 4.98 Å². The summed E-state index contributed by atoms with van der Waals surface area (Å²) in [7, 11) is 0. The first kappa shape index (κ1) is 14.7. The van der Waals surface area contributed by atoms with Crippen LogP contribution in [0, 0.1) is 10.1 Å². The van der Waals surface area contributed by atoms with Gasteiger partial charge in [0.1, 0.15) is 5.15 Å². The Balaban J connectivity index is 2.31. The topological polar surface area (TPSA) is 97.2 Å². The molecule has 0 radical (unpaired) electrons. The lowest BCUT2D eigenvalue weighted by molar-refractivity contribution is -0.384. The molecule has 2 rings (SSSR count). The third kappa shape index (κ3) is 3.90. The lowest BCUT2D eigenvalue weighted by atomic mass is 10.2. The van der Waals surface area contributed by atoms with Gasteiger partial charge >= 0.3 is 5.69 Å². The summed E-state index contributed by atoms with van der Waals surface area (Å²) in [6.07, 6.45) is 0. The van der Waals surface area contributed by atoms with Gasteiger partial charge in [0.15, 0.2) is 0 Å². The zero-order valence-electron chi connectivity index (χ0n) is 11.0. The van der Waals surface area contributed by atoms with Crippen LogP contribution < -0.4 is 10.6 Å². The first-order chi connectivity index (χ1) is 9.95. The van der Waals surface area contributed by atoms with E-state index < -0.39 is 4.92 Å². The van der Waals surface area contributed by atoms with E-state index in [4.69, 9.17) is 11.6 Å². The van der Waals surface area contributed by atoms with Crippen molar-refractivity contribution in [2.24, 2.45) is 0 Å². The van der Waals surface area contributed by atoms with Gasteiger partial charge in [0, 0.05) is 24.4 Å². The van der Waals surface area contributed by atoms with Gasteiger partial charge < -0.3 is 10.6 Å². The highest BCUT2D eigenvalue weighted by Crippen LogP contribution is 2.28. The molecule has 0 saturated heterocycles. The highest BCUT2D eigenvalue weighted by atomic mass is 35.5. The van der Waals surface area contributed by atoms with Crippen LogP contribution >= 0.6 is 11.6 Å². The summed E-state index contributed by atoms with van der Waals surface area (Å²) in [5, 5.41) is 16.5. The normalized spacial score (nSPS) is 10.0. The Morgan fingerprint density at radius 2 is 2.00 bits per heavy atom. The number of nitrogens with zero attached hydrogens (tertiary/aromatic N) is 2. The summed E-state index contributed by atoms with van der Waals surface area (Å²) in [5.74, 6) is -0.175. The van der Waals surface area contributed by atoms with Crippen molar-refractivity contribution in [2.45, 2.75) is 6.92 Å². The second-order valence-corrected chi connectivity index (χ2v) is 4.53. The number of carbonyl (C=O) groups excluding carboxylic acids is 1. The van der Waals surface area contributed by atoms with Crippen LogP contribution in [0.3, 0.4) is 0 Å². The maximum Gasteiger partial charge on any atom is 0.311 e. The lowest BCUT2D eigenvalue weighted by Gasteiger charge is -2.08. The molecule has 1 heterocycles. The summed E-state index contributed by atoms with van der Waals surface area (Å²) in [4.78, 5) is 25.3. The van der Waals surface area contributed by atoms with Crippen molar-refractivity contribution in [3.05, 3.63) is 51.7 Å². The number of benzene rings is 1. The molecule has 0 aliphatic carbocycles. The molecule has 2 N–H and O–H groups in total. The van der Waals surface area contributed by atoms with E-state index in [9.17, 15) is 14.9 Å². The molecule has 0 atom stereocenters. The Kier molecular flexibility index (Phi) is 4.34. The van der Waals surface area contributed by atoms with Crippen molar-refractivity contribution in [2.75, 3.05) is 10.6 Å². The molecule has 2 aromatic rings. The number of rotatable bonds is 4. The number of amides is 1. The van der Waals surface area contributed by atoms with E-state index in [1.54, 1.807) is 24.3 Å². The number of halogens is 1. The molecule has 0 spiro atoms. The van der Waals surface area contributed by atoms with Gasteiger partial charge in [-0.05, 0) is 24.3 Å². The number of nitrogens with one attached hydrogen (secondary N) is 2. The van der Waals surface area contributed by atoms with Crippen LogP contribution in [0.5, 0.6) is 0 Å². The van der Waals surface area contributed by atoms with Crippen molar-refractivity contribution in [1.29, 1.82) is 0 Å². The second-order valence-electron chi connectivity index (χ2n) is 4.15. The quantitative estimate of drug-likeness (QED) is 0.513. The summed E-state index contributed by atoms with van der Waals surface area (Å²) >= 11 is 5.76. The van der Waals surface area contributed by atoms with Crippen LogP contribution in [-0.4, -0.2) is 15.8 Å². The molecule has 0 saturated carbocycles. The predicted octanol–water partition coefficient (Wildman–Crippen LogP) is 3.35. The van der Waals surface area contributed by atoms with Crippen molar-refractivity contribution in [3.63, 3.8) is 0 Å². The van der Waals surface area contributed by atoms with Crippen LogP contribution in [0.4, 0.5) is 22.9 Å². The molecule has 0 bridgehead atoms. The molecule has 0 fully saturated rings. The molecular weight excluding hydrogens is 296 g/mol. The first-order valence-electron chi connectivity index (χ1n) is 5.91. The van der Waals surface area contributed by atoms with Crippen LogP contribution in [0.1, 0.15) is 6.92 Å². The summed E-state index contributed by atoms with van der Waals surface area (Å²) in [5.41, 5.74) is 0.917. The minimum Gasteiger partial charge on any atom is -0.334 e. The van der Waals surface area contributed by atoms with E-state index in [2.05, 4.69) is 15.6 Å². The predicted molar refractivity (Wildman–Crippen MR) is 79.9 cm³/mol. The van der Waals surface area contributed by atoms with Gasteiger partial charge in [0.05, 0.1) is 4.92 Å². The number of aromatic nitrogens is 1. The molecule has 1 amide bonds. The van der Waals surface area contributed by atoms with E-state index in [1.165, 1.54) is 19.1 Å². The third-order valence-electron chi connectivity index (χ3n) is 2.48. The Morgan fingerprint density at radius 1 is 1.29 bits per heavy atom. The molecule has 21 heavy (non-hydrogen) atoms. The fourth-order valence-electron chi connectivity index (χ4n) is 1.68. The van der Waals surface area contributed by atoms with Gasteiger partial charge in [-0.1, -0.05) is 17.7 Å². The fourth-order valence-corrected chi connectivity index (χ4v) is 1.83. The summed E-state index contributed by atoms with van der Waals surface area (Å²) in [6, 6.07) is 9.34. The Bertz CT molecular complexity index is 706.